The van der Waals surface area contributed by atoms with Crippen molar-refractivity contribution in [2.45, 2.75) is 16.2 Å². The summed E-state index contributed by atoms with van der Waals surface area (Å²) in [5, 5.41) is 20.0. The van der Waals surface area contributed by atoms with Gasteiger partial charge in [0, 0.05) is 9.92 Å². The molecule has 2 aromatic carbocycles. The highest BCUT2D eigenvalue weighted by Gasteiger charge is 2.38. The zero-order valence-corrected chi connectivity index (χ0v) is 15.3. The van der Waals surface area contributed by atoms with Crippen molar-refractivity contribution in [2.75, 3.05) is 18.6 Å². The number of aliphatic hydroxyl groups excluding tert-OH is 1. The summed E-state index contributed by atoms with van der Waals surface area (Å²) in [6, 6.07) is 11.2. The lowest BCUT2D eigenvalue weighted by atomic mass is 10.1. The highest BCUT2D eigenvalue weighted by Crippen LogP contribution is 2.46. The molecule has 8 heteroatoms. The Hall–Kier alpha value is -2.22. The van der Waals surface area contributed by atoms with Gasteiger partial charge in [0.25, 0.3) is 5.91 Å². The van der Waals surface area contributed by atoms with Gasteiger partial charge >= 0.3 is 5.97 Å². The van der Waals surface area contributed by atoms with Gasteiger partial charge in [0.1, 0.15) is 18.4 Å². The SMILES string of the molecule is COC(=O)CN1C(=O)[C@H](O)[C@H](c2ccc(O)cc2)Sc2cc(Cl)ccc21. The number of thioether (sulfide) groups is 1. The average Bonchev–Trinajstić information content (AvgIpc) is 2.72. The number of aromatic hydroxyl groups is 1. The Kier molecular flexibility index (Phi) is 5.41. The van der Waals surface area contributed by atoms with E-state index in [-0.39, 0.29) is 12.3 Å². The van der Waals surface area contributed by atoms with E-state index in [0.29, 0.717) is 21.2 Å². The molecule has 0 bridgehead atoms. The number of phenols is 1. The van der Waals surface area contributed by atoms with Crippen LogP contribution in [0, 0.1) is 0 Å². The molecule has 2 atom stereocenters. The largest absolute Gasteiger partial charge is 0.508 e. The molecule has 6 nitrogen and oxygen atoms in total. The van der Waals surface area contributed by atoms with Crippen molar-refractivity contribution < 1.29 is 24.5 Å². The van der Waals surface area contributed by atoms with Crippen LogP contribution in [0.1, 0.15) is 10.8 Å². The van der Waals surface area contributed by atoms with Gasteiger partial charge in [0.2, 0.25) is 0 Å². The first kappa shape index (κ1) is 18.6. The van der Waals surface area contributed by atoms with E-state index in [4.69, 9.17) is 11.6 Å². The zero-order chi connectivity index (χ0) is 18.8. The predicted octanol–water partition coefficient (Wildman–Crippen LogP) is 2.76. The van der Waals surface area contributed by atoms with Gasteiger partial charge in [0.15, 0.2) is 0 Å². The second kappa shape index (κ2) is 7.57. The highest BCUT2D eigenvalue weighted by molar-refractivity contribution is 7.99. The van der Waals surface area contributed by atoms with Crippen LogP contribution >= 0.6 is 23.4 Å². The number of methoxy groups -OCH3 is 1. The van der Waals surface area contributed by atoms with Crippen LogP contribution in [0.5, 0.6) is 5.75 Å². The van der Waals surface area contributed by atoms with E-state index in [1.54, 1.807) is 30.3 Å². The molecule has 1 amide bonds. The fraction of sp³-hybridized carbons (Fsp3) is 0.222. The molecule has 0 saturated heterocycles. The van der Waals surface area contributed by atoms with Crippen molar-refractivity contribution in [3.8, 4) is 5.75 Å². The minimum atomic E-state index is -1.39. The molecule has 0 fully saturated rings. The number of fused-ring (bicyclic) bond motifs is 1. The maximum Gasteiger partial charge on any atom is 0.325 e. The Balaban J connectivity index is 2.07. The standard InChI is InChI=1S/C18H16ClNO5S/c1-25-15(22)9-20-13-7-4-11(19)8-14(13)26-17(16(23)18(20)24)10-2-5-12(21)6-3-10/h2-8,16-17,21,23H,9H2,1H3/t16-,17+/m1/s1. The fourth-order valence-corrected chi connectivity index (χ4v) is 4.23. The van der Waals surface area contributed by atoms with Crippen molar-refractivity contribution in [1.29, 1.82) is 0 Å². The lowest BCUT2D eigenvalue weighted by Gasteiger charge is -2.24. The third-order valence-electron chi connectivity index (χ3n) is 4.01. The van der Waals surface area contributed by atoms with Crippen LogP contribution in [-0.4, -0.2) is 41.8 Å². The number of hydrogen-bond acceptors (Lipinski definition) is 6. The maximum atomic E-state index is 12.9. The average molecular weight is 394 g/mol. The van der Waals surface area contributed by atoms with Crippen molar-refractivity contribution in [3.63, 3.8) is 0 Å². The number of nitrogens with zero attached hydrogens (tertiary/aromatic N) is 1. The van der Waals surface area contributed by atoms with E-state index < -0.39 is 23.2 Å². The minimum absolute atomic E-state index is 0.0870. The van der Waals surface area contributed by atoms with Crippen molar-refractivity contribution in [3.05, 3.63) is 53.1 Å². The zero-order valence-electron chi connectivity index (χ0n) is 13.8. The number of aliphatic hydroxyl groups is 1. The van der Waals surface area contributed by atoms with Gasteiger partial charge in [-0.3, -0.25) is 14.5 Å². The molecule has 2 N–H and O–H groups in total. The Morgan fingerprint density at radius 3 is 2.62 bits per heavy atom. The van der Waals surface area contributed by atoms with E-state index in [2.05, 4.69) is 4.74 Å². The number of rotatable bonds is 3. The smallest absolute Gasteiger partial charge is 0.325 e. The molecule has 136 valence electrons. The number of carbonyl (C=O) groups excluding carboxylic acids is 2. The van der Waals surface area contributed by atoms with Gasteiger partial charge in [-0.1, -0.05) is 23.7 Å². The van der Waals surface area contributed by atoms with Crippen molar-refractivity contribution in [2.24, 2.45) is 0 Å². The maximum absolute atomic E-state index is 12.9. The summed E-state index contributed by atoms with van der Waals surface area (Å²) in [4.78, 5) is 26.5. The first-order valence-electron chi connectivity index (χ1n) is 7.72. The molecule has 0 radical (unpaired) electrons. The van der Waals surface area contributed by atoms with Crippen LogP contribution in [0.25, 0.3) is 0 Å². The summed E-state index contributed by atoms with van der Waals surface area (Å²) in [6.07, 6.45) is -1.39. The molecule has 0 aliphatic carbocycles. The topological polar surface area (TPSA) is 87.1 Å². The van der Waals surface area contributed by atoms with E-state index >= 15 is 0 Å². The molecule has 0 unspecified atom stereocenters. The van der Waals surface area contributed by atoms with E-state index in [1.165, 1.54) is 35.9 Å². The molecule has 0 saturated carbocycles. The van der Waals surface area contributed by atoms with Crippen LogP contribution < -0.4 is 4.90 Å². The van der Waals surface area contributed by atoms with Crippen LogP contribution in [0.3, 0.4) is 0 Å². The molecule has 1 aliphatic rings. The van der Waals surface area contributed by atoms with Crippen LogP contribution in [0.2, 0.25) is 5.02 Å². The number of carbonyl (C=O) groups is 2. The summed E-state index contributed by atoms with van der Waals surface area (Å²) >= 11 is 7.36. The molecular formula is C18H16ClNO5S. The third-order valence-corrected chi connectivity index (χ3v) is 5.61. The second-order valence-electron chi connectivity index (χ2n) is 5.69. The molecule has 3 rings (SSSR count). The Morgan fingerprint density at radius 1 is 1.27 bits per heavy atom. The lowest BCUT2D eigenvalue weighted by molar-refractivity contribution is -0.140. The van der Waals surface area contributed by atoms with Gasteiger partial charge in [-0.15, -0.1) is 11.8 Å². The first-order valence-corrected chi connectivity index (χ1v) is 8.98. The summed E-state index contributed by atoms with van der Waals surface area (Å²) in [6.45, 7) is -0.316. The van der Waals surface area contributed by atoms with Crippen molar-refractivity contribution in [1.82, 2.24) is 0 Å². The second-order valence-corrected chi connectivity index (χ2v) is 7.31. The highest BCUT2D eigenvalue weighted by atomic mass is 35.5. The predicted molar refractivity (Wildman–Crippen MR) is 98.5 cm³/mol. The van der Waals surface area contributed by atoms with Crippen LogP contribution in [0.4, 0.5) is 5.69 Å². The number of anilines is 1. The van der Waals surface area contributed by atoms with Crippen LogP contribution in [-0.2, 0) is 14.3 Å². The monoisotopic (exact) mass is 393 g/mol. The van der Waals surface area contributed by atoms with Gasteiger partial charge in [-0.2, -0.15) is 0 Å². The van der Waals surface area contributed by atoms with E-state index in [1.807, 2.05) is 0 Å². The van der Waals surface area contributed by atoms with Crippen molar-refractivity contribution >= 4 is 40.9 Å². The number of halogens is 1. The number of ether oxygens (including phenoxy) is 1. The van der Waals surface area contributed by atoms with E-state index in [0.717, 1.165) is 0 Å². The summed E-state index contributed by atoms with van der Waals surface area (Å²) in [5.41, 5.74) is 1.15. The lowest BCUT2D eigenvalue weighted by Crippen LogP contribution is -2.43. The number of hydrogen-bond donors (Lipinski definition) is 2. The quantitative estimate of drug-likeness (QED) is 0.780. The van der Waals surface area contributed by atoms with Crippen LogP contribution in [0.15, 0.2) is 47.4 Å². The number of esters is 1. The van der Waals surface area contributed by atoms with Gasteiger partial charge in [-0.25, -0.2) is 0 Å². The first-order chi connectivity index (χ1) is 12.4. The molecule has 0 spiro atoms. The molecule has 1 heterocycles. The minimum Gasteiger partial charge on any atom is -0.508 e. The third kappa shape index (κ3) is 3.65. The number of amides is 1. The Morgan fingerprint density at radius 2 is 1.96 bits per heavy atom. The summed E-state index contributed by atoms with van der Waals surface area (Å²) in [5.74, 6) is -1.12. The summed E-state index contributed by atoms with van der Waals surface area (Å²) in [7, 11) is 1.23. The van der Waals surface area contributed by atoms with Gasteiger partial charge in [0.05, 0.1) is 18.0 Å². The normalized spacial score (nSPS) is 19.7. The molecule has 0 aromatic heterocycles. The number of benzene rings is 2. The molecule has 2 aromatic rings. The van der Waals surface area contributed by atoms with Gasteiger partial charge in [-0.05, 0) is 35.9 Å². The Labute approximate surface area is 159 Å². The summed E-state index contributed by atoms with van der Waals surface area (Å²) < 4.78 is 4.67. The molecule has 1 aliphatic heterocycles. The molecule has 26 heavy (non-hydrogen) atoms. The molecular weight excluding hydrogens is 378 g/mol. The van der Waals surface area contributed by atoms with Gasteiger partial charge < -0.3 is 14.9 Å². The number of phenolic OH excluding ortho intramolecular Hbond substituents is 1. The fourth-order valence-electron chi connectivity index (χ4n) is 2.69. The Bertz CT molecular complexity index is 842. The van der Waals surface area contributed by atoms with E-state index in [9.17, 15) is 19.8 Å².